The van der Waals surface area contributed by atoms with Crippen LogP contribution in [0.5, 0.6) is 0 Å². The number of nitrogens with one attached hydrogen (secondary N) is 2. The minimum atomic E-state index is -0.930. The number of carbonyl (C=O) groups is 2. The van der Waals surface area contributed by atoms with Crippen molar-refractivity contribution in [2.24, 2.45) is 0 Å². The third-order valence-electron chi connectivity index (χ3n) is 4.77. The Hall–Kier alpha value is -2.40. The molecule has 1 saturated carbocycles. The van der Waals surface area contributed by atoms with Crippen molar-refractivity contribution in [1.29, 1.82) is 0 Å². The fourth-order valence-corrected chi connectivity index (χ4v) is 3.31. The van der Waals surface area contributed by atoms with E-state index in [4.69, 9.17) is 0 Å². The van der Waals surface area contributed by atoms with Gasteiger partial charge in [0.1, 0.15) is 6.04 Å². The van der Waals surface area contributed by atoms with Crippen molar-refractivity contribution in [3.63, 3.8) is 0 Å². The van der Waals surface area contributed by atoms with Gasteiger partial charge in [0.05, 0.1) is 6.61 Å². The van der Waals surface area contributed by atoms with Gasteiger partial charge in [-0.1, -0.05) is 49.6 Å². The third kappa shape index (κ3) is 4.37. The molecule has 1 fully saturated rings. The fraction of sp³-hybridized carbons (Fsp3) is 0.400. The Labute approximate surface area is 147 Å². The predicted molar refractivity (Wildman–Crippen MR) is 97.3 cm³/mol. The van der Waals surface area contributed by atoms with Gasteiger partial charge in [0.2, 0.25) is 5.91 Å². The Kier molecular flexibility index (Phi) is 5.66. The summed E-state index contributed by atoms with van der Waals surface area (Å²) in [6.07, 6.45) is 5.34. The van der Waals surface area contributed by atoms with Gasteiger partial charge >= 0.3 is 0 Å². The first kappa shape index (κ1) is 17.4. The molecule has 1 atom stereocenters. The number of aliphatic hydroxyl groups excluding tert-OH is 1. The van der Waals surface area contributed by atoms with Crippen LogP contribution in [0.1, 0.15) is 42.5 Å². The van der Waals surface area contributed by atoms with Gasteiger partial charge in [0.15, 0.2) is 0 Å². The smallest absolute Gasteiger partial charge is 0.252 e. The Morgan fingerprint density at radius 3 is 2.48 bits per heavy atom. The molecule has 0 aromatic heterocycles. The lowest BCUT2D eigenvalue weighted by Gasteiger charge is -2.25. The Morgan fingerprint density at radius 2 is 1.76 bits per heavy atom. The molecule has 132 valence electrons. The summed E-state index contributed by atoms with van der Waals surface area (Å²) >= 11 is 0. The maximum atomic E-state index is 12.5. The predicted octanol–water partition coefficient (Wildman–Crippen LogP) is 2.38. The molecule has 2 amide bonds. The highest BCUT2D eigenvalue weighted by Gasteiger charge is 2.24. The quantitative estimate of drug-likeness (QED) is 0.782. The zero-order valence-electron chi connectivity index (χ0n) is 14.2. The number of amides is 2. The van der Waals surface area contributed by atoms with Crippen LogP contribution in [0.3, 0.4) is 0 Å². The Morgan fingerprint density at radius 1 is 1.04 bits per heavy atom. The van der Waals surface area contributed by atoms with Gasteiger partial charge in [0.25, 0.3) is 5.91 Å². The van der Waals surface area contributed by atoms with Gasteiger partial charge in [-0.15, -0.1) is 0 Å². The molecule has 0 heterocycles. The van der Waals surface area contributed by atoms with E-state index in [0.29, 0.717) is 5.56 Å². The molecule has 0 aliphatic heterocycles. The molecule has 0 unspecified atom stereocenters. The number of hydrogen-bond donors (Lipinski definition) is 3. The summed E-state index contributed by atoms with van der Waals surface area (Å²) < 4.78 is 0. The van der Waals surface area contributed by atoms with Crippen molar-refractivity contribution in [2.75, 3.05) is 6.61 Å². The lowest BCUT2D eigenvalue weighted by molar-refractivity contribution is -0.124. The maximum Gasteiger partial charge on any atom is 0.252 e. The topological polar surface area (TPSA) is 78.4 Å². The number of carbonyl (C=O) groups excluding carboxylic acids is 2. The van der Waals surface area contributed by atoms with Crippen LogP contribution in [0.15, 0.2) is 42.5 Å². The number of hydrogen-bond acceptors (Lipinski definition) is 3. The largest absolute Gasteiger partial charge is 0.394 e. The molecule has 5 nitrogen and oxygen atoms in total. The summed E-state index contributed by atoms with van der Waals surface area (Å²) in [6.45, 7) is -0.419. The van der Waals surface area contributed by atoms with Gasteiger partial charge in [-0.3, -0.25) is 9.59 Å². The number of fused-ring (bicyclic) bond motifs is 1. The first-order valence-electron chi connectivity index (χ1n) is 8.88. The van der Waals surface area contributed by atoms with Crippen LogP contribution >= 0.6 is 0 Å². The lowest BCUT2D eigenvalue weighted by Crippen LogP contribution is -2.51. The van der Waals surface area contributed by atoms with Crippen molar-refractivity contribution < 1.29 is 14.7 Å². The molecule has 0 bridgehead atoms. The highest BCUT2D eigenvalue weighted by molar-refractivity contribution is 6.00. The van der Waals surface area contributed by atoms with Crippen LogP contribution in [-0.4, -0.2) is 35.6 Å². The average Bonchev–Trinajstić information content (AvgIpc) is 2.66. The molecule has 25 heavy (non-hydrogen) atoms. The molecular formula is C20H24N2O3. The first-order valence-corrected chi connectivity index (χ1v) is 8.88. The standard InChI is InChI=1S/C20H24N2O3/c23-13-18(20(25)21-17-8-2-1-3-9-17)22-19(24)16-11-10-14-6-4-5-7-15(14)12-16/h4-7,10-12,17-18,23H,1-3,8-9,13H2,(H,21,25)(H,22,24)/t18-/m0/s1. The molecule has 0 spiro atoms. The summed E-state index contributed by atoms with van der Waals surface area (Å²) in [6, 6.07) is 12.4. The van der Waals surface area contributed by atoms with Gasteiger partial charge < -0.3 is 15.7 Å². The lowest BCUT2D eigenvalue weighted by atomic mass is 9.95. The van der Waals surface area contributed by atoms with Crippen LogP contribution in [0, 0.1) is 0 Å². The highest BCUT2D eigenvalue weighted by Crippen LogP contribution is 2.18. The van der Waals surface area contributed by atoms with E-state index >= 15 is 0 Å². The van der Waals surface area contributed by atoms with Crippen molar-refractivity contribution in [3.05, 3.63) is 48.0 Å². The fourth-order valence-electron chi connectivity index (χ4n) is 3.31. The monoisotopic (exact) mass is 340 g/mol. The molecule has 3 N–H and O–H groups in total. The van der Waals surface area contributed by atoms with E-state index in [0.717, 1.165) is 36.5 Å². The molecule has 1 aliphatic rings. The van der Waals surface area contributed by atoms with Gasteiger partial charge in [-0.05, 0) is 35.7 Å². The number of rotatable bonds is 5. The number of benzene rings is 2. The second-order valence-corrected chi connectivity index (χ2v) is 6.61. The molecule has 5 heteroatoms. The minimum absolute atomic E-state index is 0.146. The molecule has 1 aliphatic carbocycles. The summed E-state index contributed by atoms with van der Waals surface area (Å²) in [5, 5.41) is 17.1. The average molecular weight is 340 g/mol. The molecule has 0 saturated heterocycles. The molecule has 2 aromatic rings. The van der Waals surface area contributed by atoms with Crippen molar-refractivity contribution in [3.8, 4) is 0 Å². The van der Waals surface area contributed by atoms with Gasteiger partial charge in [-0.25, -0.2) is 0 Å². The van der Waals surface area contributed by atoms with Crippen LogP contribution in [0.4, 0.5) is 0 Å². The van der Waals surface area contributed by atoms with Gasteiger partial charge in [0, 0.05) is 11.6 Å². The maximum absolute atomic E-state index is 12.5. The summed E-state index contributed by atoms with van der Waals surface area (Å²) in [4.78, 5) is 24.8. The normalized spacial score (nSPS) is 16.4. The van der Waals surface area contributed by atoms with Crippen LogP contribution in [-0.2, 0) is 4.79 Å². The summed E-state index contributed by atoms with van der Waals surface area (Å²) in [7, 11) is 0. The van der Waals surface area contributed by atoms with Crippen LogP contribution in [0.25, 0.3) is 10.8 Å². The van der Waals surface area contributed by atoms with Crippen LogP contribution < -0.4 is 10.6 Å². The SMILES string of the molecule is O=C(N[C@@H](CO)C(=O)NC1CCCCC1)c1ccc2ccccc2c1. The van der Waals surface area contributed by atoms with Crippen molar-refractivity contribution in [1.82, 2.24) is 10.6 Å². The number of aliphatic hydroxyl groups is 1. The Bertz CT molecular complexity index is 753. The first-order chi connectivity index (χ1) is 12.2. The summed E-state index contributed by atoms with van der Waals surface area (Å²) in [5.74, 6) is -0.674. The van der Waals surface area contributed by atoms with Crippen molar-refractivity contribution >= 4 is 22.6 Å². The zero-order chi connectivity index (χ0) is 17.6. The van der Waals surface area contributed by atoms with E-state index in [1.54, 1.807) is 12.1 Å². The van der Waals surface area contributed by atoms with E-state index in [-0.39, 0.29) is 17.9 Å². The van der Waals surface area contributed by atoms with Crippen LogP contribution in [0.2, 0.25) is 0 Å². The molecule has 3 rings (SSSR count). The van der Waals surface area contributed by atoms with Gasteiger partial charge in [-0.2, -0.15) is 0 Å². The van der Waals surface area contributed by atoms with E-state index in [2.05, 4.69) is 10.6 Å². The third-order valence-corrected chi connectivity index (χ3v) is 4.77. The second kappa shape index (κ2) is 8.12. The highest BCUT2D eigenvalue weighted by atomic mass is 16.3. The molecule has 2 aromatic carbocycles. The van der Waals surface area contributed by atoms with E-state index in [1.165, 1.54) is 6.42 Å². The Balaban J connectivity index is 1.64. The molecule has 0 radical (unpaired) electrons. The van der Waals surface area contributed by atoms with E-state index < -0.39 is 12.6 Å². The summed E-state index contributed by atoms with van der Waals surface area (Å²) in [5.41, 5.74) is 0.475. The van der Waals surface area contributed by atoms with E-state index in [1.807, 2.05) is 30.3 Å². The van der Waals surface area contributed by atoms with Crippen molar-refractivity contribution in [2.45, 2.75) is 44.2 Å². The molecular weight excluding hydrogens is 316 g/mol. The zero-order valence-corrected chi connectivity index (χ0v) is 14.2. The minimum Gasteiger partial charge on any atom is -0.394 e. The van der Waals surface area contributed by atoms with E-state index in [9.17, 15) is 14.7 Å². The second-order valence-electron chi connectivity index (χ2n) is 6.61.